The van der Waals surface area contributed by atoms with Gasteiger partial charge in [-0.15, -0.1) is 0 Å². The highest BCUT2D eigenvalue weighted by Crippen LogP contribution is 2.27. The van der Waals surface area contributed by atoms with Crippen molar-refractivity contribution in [1.82, 2.24) is 19.7 Å². The molecule has 1 aliphatic rings. The summed E-state index contributed by atoms with van der Waals surface area (Å²) in [5, 5.41) is 5.00. The van der Waals surface area contributed by atoms with Gasteiger partial charge in [-0.1, -0.05) is 19.1 Å². The maximum atomic E-state index is 14.3. The number of rotatable bonds is 3. The molecule has 5 nitrogen and oxygen atoms in total. The molecule has 0 bridgehead atoms. The van der Waals surface area contributed by atoms with Gasteiger partial charge in [0.1, 0.15) is 11.5 Å². The normalized spacial score (nSPS) is 17.4. The van der Waals surface area contributed by atoms with E-state index in [2.05, 4.69) is 17.0 Å². The van der Waals surface area contributed by atoms with Crippen molar-refractivity contribution in [2.75, 3.05) is 6.54 Å². The number of piperidine rings is 1. The van der Waals surface area contributed by atoms with Gasteiger partial charge in [0.25, 0.3) is 5.91 Å². The lowest BCUT2D eigenvalue weighted by Crippen LogP contribution is -2.43. The Hall–Kier alpha value is -2.76. The van der Waals surface area contributed by atoms with Gasteiger partial charge in [0.2, 0.25) is 0 Å². The van der Waals surface area contributed by atoms with E-state index < -0.39 is 0 Å². The lowest BCUT2D eigenvalue weighted by Gasteiger charge is -2.35. The molecule has 1 saturated heterocycles. The molecule has 2 aromatic heterocycles. The number of carbonyl (C=O) groups is 1. The smallest absolute Gasteiger partial charge is 0.254 e. The van der Waals surface area contributed by atoms with Gasteiger partial charge in [-0.05, 0) is 50.8 Å². The standard InChI is InChI=1S/C21H23FN4O/c1-3-15-8-6-7-11-25(15)21(27)16-12-14(2)24-20-17(16)13-23-26(20)19-10-5-4-9-18(19)22/h4-5,9-10,12-13,15H,3,6-8,11H2,1-2H3. The molecule has 1 amide bonds. The van der Waals surface area contributed by atoms with E-state index in [1.165, 1.54) is 10.7 Å². The number of hydrogen-bond acceptors (Lipinski definition) is 3. The first-order valence-electron chi connectivity index (χ1n) is 9.51. The van der Waals surface area contributed by atoms with Crippen molar-refractivity contribution in [3.63, 3.8) is 0 Å². The van der Waals surface area contributed by atoms with Crippen LogP contribution in [0.1, 0.15) is 48.7 Å². The maximum absolute atomic E-state index is 14.3. The second kappa shape index (κ2) is 7.10. The fourth-order valence-electron chi connectivity index (χ4n) is 3.95. The Labute approximate surface area is 157 Å². The number of nitrogens with zero attached hydrogens (tertiary/aromatic N) is 4. The second-order valence-electron chi connectivity index (χ2n) is 7.11. The first kappa shape index (κ1) is 17.6. The molecule has 3 heterocycles. The molecular weight excluding hydrogens is 343 g/mol. The number of halogens is 1. The van der Waals surface area contributed by atoms with E-state index in [-0.39, 0.29) is 17.8 Å². The Morgan fingerprint density at radius 3 is 2.89 bits per heavy atom. The molecule has 1 atom stereocenters. The second-order valence-corrected chi connectivity index (χ2v) is 7.11. The van der Waals surface area contributed by atoms with Crippen LogP contribution in [-0.4, -0.2) is 38.2 Å². The van der Waals surface area contributed by atoms with Crippen molar-refractivity contribution in [3.8, 4) is 5.69 Å². The number of para-hydroxylation sites is 1. The number of hydrogen-bond donors (Lipinski definition) is 0. The molecule has 1 aliphatic heterocycles. The van der Waals surface area contributed by atoms with Crippen LogP contribution in [0.2, 0.25) is 0 Å². The third kappa shape index (κ3) is 3.09. The van der Waals surface area contributed by atoms with Gasteiger partial charge < -0.3 is 4.90 Å². The minimum Gasteiger partial charge on any atom is -0.336 e. The molecule has 1 fully saturated rings. The van der Waals surface area contributed by atoms with Gasteiger partial charge in [0, 0.05) is 18.3 Å². The van der Waals surface area contributed by atoms with Crippen molar-refractivity contribution >= 4 is 16.9 Å². The molecule has 1 aromatic carbocycles. The van der Waals surface area contributed by atoms with Crippen molar-refractivity contribution in [1.29, 1.82) is 0 Å². The average molecular weight is 366 g/mol. The van der Waals surface area contributed by atoms with Crippen LogP contribution in [0.25, 0.3) is 16.7 Å². The molecule has 140 valence electrons. The minimum absolute atomic E-state index is 0.0186. The number of likely N-dealkylation sites (tertiary alicyclic amines) is 1. The summed E-state index contributed by atoms with van der Waals surface area (Å²) in [5.74, 6) is -0.356. The molecule has 6 heteroatoms. The lowest BCUT2D eigenvalue weighted by molar-refractivity contribution is 0.0610. The molecule has 0 spiro atoms. The molecule has 1 unspecified atom stereocenters. The third-order valence-corrected chi connectivity index (χ3v) is 5.34. The van der Waals surface area contributed by atoms with Crippen LogP contribution in [0.5, 0.6) is 0 Å². The van der Waals surface area contributed by atoms with E-state index in [0.717, 1.165) is 32.2 Å². The van der Waals surface area contributed by atoms with Crippen molar-refractivity contribution < 1.29 is 9.18 Å². The fourth-order valence-corrected chi connectivity index (χ4v) is 3.95. The van der Waals surface area contributed by atoms with Gasteiger partial charge in [-0.3, -0.25) is 4.79 Å². The zero-order valence-corrected chi connectivity index (χ0v) is 15.7. The number of aryl methyl sites for hydroxylation is 1. The Morgan fingerprint density at radius 2 is 2.11 bits per heavy atom. The summed E-state index contributed by atoms with van der Waals surface area (Å²) in [6.07, 6.45) is 5.81. The van der Waals surface area contributed by atoms with Crippen LogP contribution in [0.4, 0.5) is 4.39 Å². The molecule has 0 saturated carbocycles. The average Bonchev–Trinajstić information content (AvgIpc) is 3.10. The molecule has 0 N–H and O–H groups in total. The highest BCUT2D eigenvalue weighted by atomic mass is 19.1. The first-order chi connectivity index (χ1) is 13.1. The van der Waals surface area contributed by atoms with E-state index in [1.807, 2.05) is 17.9 Å². The van der Waals surface area contributed by atoms with E-state index >= 15 is 0 Å². The summed E-state index contributed by atoms with van der Waals surface area (Å²) in [6, 6.07) is 8.54. The Kier molecular flexibility index (Phi) is 4.64. The predicted molar refractivity (Wildman–Crippen MR) is 103 cm³/mol. The summed E-state index contributed by atoms with van der Waals surface area (Å²) in [7, 11) is 0. The van der Waals surface area contributed by atoms with Crippen LogP contribution < -0.4 is 0 Å². The molecule has 0 radical (unpaired) electrons. The molecule has 27 heavy (non-hydrogen) atoms. The summed E-state index contributed by atoms with van der Waals surface area (Å²) in [5.41, 5.74) is 2.15. The number of aromatic nitrogens is 3. The summed E-state index contributed by atoms with van der Waals surface area (Å²) in [6.45, 7) is 4.75. The van der Waals surface area contributed by atoms with Gasteiger partial charge in [-0.2, -0.15) is 5.10 Å². The van der Waals surface area contributed by atoms with E-state index in [4.69, 9.17) is 0 Å². The van der Waals surface area contributed by atoms with Gasteiger partial charge in [-0.25, -0.2) is 14.1 Å². The fraction of sp³-hybridized carbons (Fsp3) is 0.381. The molecule has 0 aliphatic carbocycles. The zero-order chi connectivity index (χ0) is 19.0. The first-order valence-corrected chi connectivity index (χ1v) is 9.51. The van der Waals surface area contributed by atoms with Crippen molar-refractivity contribution in [2.24, 2.45) is 0 Å². The SMILES string of the molecule is CCC1CCCCN1C(=O)c1cc(C)nc2c1cnn2-c1ccccc1F. The zero-order valence-electron chi connectivity index (χ0n) is 15.7. The number of fused-ring (bicyclic) bond motifs is 1. The molecular formula is C21H23FN4O. The summed E-state index contributed by atoms with van der Waals surface area (Å²) < 4.78 is 15.7. The van der Waals surface area contributed by atoms with Gasteiger partial charge in [0.15, 0.2) is 5.65 Å². The van der Waals surface area contributed by atoms with Crippen LogP contribution in [0.15, 0.2) is 36.5 Å². The highest BCUT2D eigenvalue weighted by molar-refractivity contribution is 6.05. The van der Waals surface area contributed by atoms with Gasteiger partial charge >= 0.3 is 0 Å². The van der Waals surface area contributed by atoms with Crippen LogP contribution in [-0.2, 0) is 0 Å². The lowest BCUT2D eigenvalue weighted by atomic mass is 9.98. The highest BCUT2D eigenvalue weighted by Gasteiger charge is 2.28. The van der Waals surface area contributed by atoms with Crippen molar-refractivity contribution in [3.05, 3.63) is 53.6 Å². The maximum Gasteiger partial charge on any atom is 0.254 e. The largest absolute Gasteiger partial charge is 0.336 e. The monoisotopic (exact) mass is 366 g/mol. The number of pyridine rings is 1. The predicted octanol–water partition coefficient (Wildman–Crippen LogP) is 4.27. The quantitative estimate of drug-likeness (QED) is 0.695. The summed E-state index contributed by atoms with van der Waals surface area (Å²) >= 11 is 0. The van der Waals surface area contributed by atoms with Crippen molar-refractivity contribution in [2.45, 2.75) is 45.6 Å². The number of carbonyl (C=O) groups excluding carboxylic acids is 1. The Morgan fingerprint density at radius 1 is 1.30 bits per heavy atom. The van der Waals surface area contributed by atoms with Gasteiger partial charge in [0.05, 0.1) is 17.1 Å². The Balaban J connectivity index is 1.83. The van der Waals surface area contributed by atoms with E-state index in [0.29, 0.717) is 28.0 Å². The van der Waals surface area contributed by atoms with Crippen LogP contribution in [0, 0.1) is 12.7 Å². The van der Waals surface area contributed by atoms with Crippen LogP contribution in [0.3, 0.4) is 0 Å². The third-order valence-electron chi connectivity index (χ3n) is 5.34. The van der Waals surface area contributed by atoms with E-state index in [1.54, 1.807) is 24.4 Å². The molecule has 4 rings (SSSR count). The van der Waals surface area contributed by atoms with E-state index in [9.17, 15) is 9.18 Å². The topological polar surface area (TPSA) is 51.0 Å². The number of benzene rings is 1. The molecule has 3 aromatic rings. The summed E-state index contributed by atoms with van der Waals surface area (Å²) in [4.78, 5) is 19.9. The van der Waals surface area contributed by atoms with Crippen LogP contribution >= 0.6 is 0 Å². The number of amides is 1. The Bertz CT molecular complexity index is 997. The minimum atomic E-state index is -0.374.